The summed E-state index contributed by atoms with van der Waals surface area (Å²) in [6.07, 6.45) is 0. The lowest BCUT2D eigenvalue weighted by molar-refractivity contribution is 0.0342. The highest BCUT2D eigenvalue weighted by molar-refractivity contribution is 6.09. The van der Waals surface area contributed by atoms with Gasteiger partial charge in [0.2, 0.25) is 0 Å². The fourth-order valence-electron chi connectivity index (χ4n) is 3.21. The molecule has 1 heterocycles. The van der Waals surface area contributed by atoms with Gasteiger partial charge in [-0.1, -0.05) is 38.1 Å². The summed E-state index contributed by atoms with van der Waals surface area (Å²) < 4.78 is 5.39. The van der Waals surface area contributed by atoms with Gasteiger partial charge < -0.3 is 15.4 Å². The highest BCUT2D eigenvalue weighted by Crippen LogP contribution is 2.17. The van der Waals surface area contributed by atoms with Crippen molar-refractivity contribution in [1.29, 1.82) is 0 Å². The summed E-state index contributed by atoms with van der Waals surface area (Å²) >= 11 is 0. The van der Waals surface area contributed by atoms with Gasteiger partial charge in [-0.25, -0.2) is 0 Å². The molecule has 0 atom stereocenters. The Morgan fingerprint density at radius 2 is 1.79 bits per heavy atom. The average Bonchev–Trinajstić information content (AvgIpc) is 2.73. The van der Waals surface area contributed by atoms with Crippen molar-refractivity contribution in [3.05, 3.63) is 65.2 Å². The molecule has 3 rings (SSSR count). The topological polar surface area (TPSA) is 70.7 Å². The van der Waals surface area contributed by atoms with E-state index < -0.39 is 0 Å². The van der Waals surface area contributed by atoms with Crippen LogP contribution in [-0.2, 0) is 11.3 Å². The van der Waals surface area contributed by atoms with E-state index in [4.69, 9.17) is 4.74 Å². The van der Waals surface area contributed by atoms with Crippen molar-refractivity contribution in [2.75, 3.05) is 38.2 Å². The Morgan fingerprint density at radius 3 is 2.55 bits per heavy atom. The van der Waals surface area contributed by atoms with E-state index >= 15 is 0 Å². The van der Waals surface area contributed by atoms with Gasteiger partial charge in [0.1, 0.15) is 0 Å². The molecule has 1 saturated heterocycles. The maximum atomic E-state index is 12.8. The van der Waals surface area contributed by atoms with Crippen molar-refractivity contribution in [3.63, 3.8) is 0 Å². The number of para-hydroxylation sites is 1. The third kappa shape index (κ3) is 6.14. The van der Waals surface area contributed by atoms with Crippen LogP contribution in [0.15, 0.2) is 48.5 Å². The number of amides is 2. The monoisotopic (exact) mass is 395 g/mol. The van der Waals surface area contributed by atoms with Crippen LogP contribution in [0.5, 0.6) is 0 Å². The Balaban J connectivity index is 1.69. The third-order valence-corrected chi connectivity index (χ3v) is 4.79. The normalized spacial score (nSPS) is 14.6. The molecule has 154 valence electrons. The maximum Gasteiger partial charge on any atom is 0.255 e. The molecule has 1 aliphatic rings. The largest absolute Gasteiger partial charge is 0.379 e. The Hall–Kier alpha value is -2.70. The molecule has 0 radical (unpaired) electrons. The number of nitrogens with one attached hydrogen (secondary N) is 2. The molecule has 0 aliphatic carbocycles. The van der Waals surface area contributed by atoms with E-state index in [9.17, 15) is 9.59 Å². The minimum Gasteiger partial charge on any atom is -0.379 e. The number of carbonyl (C=O) groups is 2. The summed E-state index contributed by atoms with van der Waals surface area (Å²) in [6, 6.07) is 14.7. The van der Waals surface area contributed by atoms with Gasteiger partial charge in [-0.05, 0) is 35.7 Å². The smallest absolute Gasteiger partial charge is 0.255 e. The second-order valence-corrected chi connectivity index (χ2v) is 7.69. The molecule has 29 heavy (non-hydrogen) atoms. The minimum atomic E-state index is -0.224. The first-order chi connectivity index (χ1) is 14.0. The summed E-state index contributed by atoms with van der Waals surface area (Å²) in [4.78, 5) is 27.6. The first kappa shape index (κ1) is 21.0. The SMILES string of the molecule is CC(C)CNC(=O)c1ccccc1NC(=O)c1cccc(CN2CCOCC2)c1. The van der Waals surface area contributed by atoms with Crippen molar-refractivity contribution >= 4 is 17.5 Å². The van der Waals surface area contributed by atoms with E-state index in [1.807, 2.05) is 38.1 Å². The molecular formula is C23H29N3O3. The van der Waals surface area contributed by atoms with Crippen LogP contribution in [0.25, 0.3) is 0 Å². The lowest BCUT2D eigenvalue weighted by Crippen LogP contribution is -2.35. The number of nitrogens with zero attached hydrogens (tertiary/aromatic N) is 1. The molecule has 2 aromatic rings. The van der Waals surface area contributed by atoms with Crippen LogP contribution in [-0.4, -0.2) is 49.6 Å². The van der Waals surface area contributed by atoms with E-state index in [1.165, 1.54) is 0 Å². The third-order valence-electron chi connectivity index (χ3n) is 4.79. The number of anilines is 1. The predicted octanol–water partition coefficient (Wildman–Crippen LogP) is 3.16. The van der Waals surface area contributed by atoms with Crippen LogP contribution < -0.4 is 10.6 Å². The van der Waals surface area contributed by atoms with Crippen LogP contribution in [0.1, 0.15) is 40.1 Å². The summed E-state index contributed by atoms with van der Waals surface area (Å²) in [5, 5.41) is 5.79. The molecule has 6 heteroatoms. The molecule has 1 fully saturated rings. The van der Waals surface area contributed by atoms with E-state index in [2.05, 4.69) is 15.5 Å². The van der Waals surface area contributed by atoms with Gasteiger partial charge in [-0.15, -0.1) is 0 Å². The Morgan fingerprint density at radius 1 is 1.03 bits per heavy atom. The molecule has 0 bridgehead atoms. The van der Waals surface area contributed by atoms with Gasteiger partial charge in [0.05, 0.1) is 24.5 Å². The van der Waals surface area contributed by atoms with Crippen LogP contribution >= 0.6 is 0 Å². The summed E-state index contributed by atoms with van der Waals surface area (Å²) in [6.45, 7) is 8.75. The summed E-state index contributed by atoms with van der Waals surface area (Å²) in [7, 11) is 0. The molecule has 2 N–H and O–H groups in total. The van der Waals surface area contributed by atoms with Gasteiger partial charge in [-0.2, -0.15) is 0 Å². The number of ether oxygens (including phenoxy) is 1. The number of carbonyl (C=O) groups excluding carboxylic acids is 2. The Labute approximate surface area is 172 Å². The number of hydrogen-bond acceptors (Lipinski definition) is 4. The molecule has 2 aromatic carbocycles. The average molecular weight is 396 g/mol. The fraction of sp³-hybridized carbons (Fsp3) is 0.391. The number of benzene rings is 2. The lowest BCUT2D eigenvalue weighted by atomic mass is 10.1. The predicted molar refractivity (Wildman–Crippen MR) is 114 cm³/mol. The Kier molecular flexibility index (Phi) is 7.38. The van der Waals surface area contributed by atoms with Crippen molar-refractivity contribution in [2.24, 2.45) is 5.92 Å². The Bertz CT molecular complexity index is 845. The second-order valence-electron chi connectivity index (χ2n) is 7.69. The number of hydrogen-bond donors (Lipinski definition) is 2. The van der Waals surface area contributed by atoms with Gasteiger partial charge in [-0.3, -0.25) is 14.5 Å². The zero-order valence-corrected chi connectivity index (χ0v) is 17.1. The summed E-state index contributed by atoms with van der Waals surface area (Å²) in [5.74, 6) is -0.0523. The van der Waals surface area contributed by atoms with Crippen molar-refractivity contribution in [3.8, 4) is 0 Å². The van der Waals surface area contributed by atoms with Gasteiger partial charge >= 0.3 is 0 Å². The highest BCUT2D eigenvalue weighted by Gasteiger charge is 2.15. The number of morpholine rings is 1. The van der Waals surface area contributed by atoms with Gasteiger partial charge in [0, 0.05) is 31.7 Å². The zero-order valence-electron chi connectivity index (χ0n) is 17.1. The quantitative estimate of drug-likeness (QED) is 0.756. The molecule has 2 amide bonds. The van der Waals surface area contributed by atoms with Crippen LogP contribution in [0, 0.1) is 5.92 Å². The van der Waals surface area contributed by atoms with Gasteiger partial charge in [0.25, 0.3) is 11.8 Å². The molecule has 0 spiro atoms. The fourth-order valence-corrected chi connectivity index (χ4v) is 3.21. The first-order valence-corrected chi connectivity index (χ1v) is 10.1. The highest BCUT2D eigenvalue weighted by atomic mass is 16.5. The van der Waals surface area contributed by atoms with Crippen molar-refractivity contribution in [1.82, 2.24) is 10.2 Å². The van der Waals surface area contributed by atoms with E-state index in [0.717, 1.165) is 38.4 Å². The minimum absolute atomic E-state index is 0.185. The maximum absolute atomic E-state index is 12.8. The van der Waals surface area contributed by atoms with Crippen LogP contribution in [0.2, 0.25) is 0 Å². The standard InChI is InChI=1S/C23H29N3O3/c1-17(2)15-24-23(28)20-8-3-4-9-21(20)25-22(27)19-7-5-6-18(14-19)16-26-10-12-29-13-11-26/h3-9,14,17H,10-13,15-16H2,1-2H3,(H,24,28)(H,25,27). The van der Waals surface area contributed by atoms with E-state index in [-0.39, 0.29) is 11.8 Å². The van der Waals surface area contributed by atoms with Crippen molar-refractivity contribution < 1.29 is 14.3 Å². The van der Waals surface area contributed by atoms with E-state index in [0.29, 0.717) is 29.3 Å². The molecular weight excluding hydrogens is 366 g/mol. The first-order valence-electron chi connectivity index (χ1n) is 10.1. The van der Waals surface area contributed by atoms with Gasteiger partial charge in [0.15, 0.2) is 0 Å². The molecule has 6 nitrogen and oxygen atoms in total. The van der Waals surface area contributed by atoms with E-state index in [1.54, 1.807) is 24.3 Å². The van der Waals surface area contributed by atoms with Crippen LogP contribution in [0.3, 0.4) is 0 Å². The lowest BCUT2D eigenvalue weighted by Gasteiger charge is -2.26. The zero-order chi connectivity index (χ0) is 20.6. The molecule has 0 unspecified atom stereocenters. The van der Waals surface area contributed by atoms with Crippen molar-refractivity contribution in [2.45, 2.75) is 20.4 Å². The molecule has 0 aromatic heterocycles. The molecule has 0 saturated carbocycles. The number of rotatable bonds is 7. The molecule has 1 aliphatic heterocycles. The second kappa shape index (κ2) is 10.2. The van der Waals surface area contributed by atoms with Crippen LogP contribution in [0.4, 0.5) is 5.69 Å². The summed E-state index contributed by atoms with van der Waals surface area (Å²) in [5.41, 5.74) is 2.64.